The lowest BCUT2D eigenvalue weighted by atomic mass is 10.2. The summed E-state index contributed by atoms with van der Waals surface area (Å²) in [6.07, 6.45) is 0.725. The van der Waals surface area contributed by atoms with Gasteiger partial charge in [-0.2, -0.15) is 5.10 Å². The van der Waals surface area contributed by atoms with Crippen LogP contribution in [0.1, 0.15) is 11.1 Å². The molecule has 0 aromatic heterocycles. The predicted molar refractivity (Wildman–Crippen MR) is 124 cm³/mol. The minimum atomic E-state index is -0.779. The summed E-state index contributed by atoms with van der Waals surface area (Å²) >= 11 is 0. The number of amides is 2. The van der Waals surface area contributed by atoms with Gasteiger partial charge in [0.25, 0.3) is 11.8 Å². The summed E-state index contributed by atoms with van der Waals surface area (Å²) in [5, 5.41) is 6.74. The summed E-state index contributed by atoms with van der Waals surface area (Å²) in [6.45, 7) is 1.99. The van der Waals surface area contributed by atoms with Gasteiger partial charge in [0.15, 0.2) is 18.1 Å². The molecule has 3 aromatic rings. The summed E-state index contributed by atoms with van der Waals surface area (Å²) in [7, 11) is 0. The van der Waals surface area contributed by atoms with E-state index < -0.39 is 12.0 Å². The van der Waals surface area contributed by atoms with E-state index in [1.165, 1.54) is 6.21 Å². The maximum Gasteiger partial charge on any atom is 0.284 e. The van der Waals surface area contributed by atoms with Gasteiger partial charge in [-0.05, 0) is 61.0 Å². The molecule has 0 spiro atoms. The van der Waals surface area contributed by atoms with Crippen LogP contribution in [0.4, 0.5) is 5.69 Å². The summed E-state index contributed by atoms with van der Waals surface area (Å²) in [5.41, 5.74) is 5.04. The van der Waals surface area contributed by atoms with Crippen molar-refractivity contribution in [3.05, 3.63) is 83.9 Å². The first kappa shape index (κ1) is 21.9. The van der Waals surface area contributed by atoms with Crippen molar-refractivity contribution in [1.82, 2.24) is 5.43 Å². The molecule has 0 radical (unpaired) electrons. The molecule has 0 saturated carbocycles. The van der Waals surface area contributed by atoms with Gasteiger partial charge in [0.1, 0.15) is 12.4 Å². The number of nitrogens with one attached hydrogen (secondary N) is 2. The largest absolute Gasteiger partial charge is 0.485 e. The molecule has 1 aliphatic rings. The topological polar surface area (TPSA) is 98.2 Å². The molecule has 0 bridgehead atoms. The fraction of sp³-hybridized carbons (Fsp3) is 0.160. The third-order valence-electron chi connectivity index (χ3n) is 4.77. The molecule has 8 heteroatoms. The van der Waals surface area contributed by atoms with Gasteiger partial charge in [-0.1, -0.05) is 29.8 Å². The lowest BCUT2D eigenvalue weighted by molar-refractivity contribution is -0.130. The highest BCUT2D eigenvalue weighted by Gasteiger charge is 2.26. The summed E-state index contributed by atoms with van der Waals surface area (Å²) in [5.74, 6) is 1.03. The molecule has 1 aliphatic heterocycles. The Bertz CT molecular complexity index is 1140. The molecule has 3 aromatic carbocycles. The van der Waals surface area contributed by atoms with Gasteiger partial charge < -0.3 is 19.5 Å². The van der Waals surface area contributed by atoms with E-state index in [0.29, 0.717) is 17.2 Å². The van der Waals surface area contributed by atoms with E-state index in [2.05, 4.69) is 15.8 Å². The van der Waals surface area contributed by atoms with Crippen molar-refractivity contribution in [3.8, 4) is 17.2 Å². The lowest BCUT2D eigenvalue weighted by Crippen LogP contribution is -2.42. The van der Waals surface area contributed by atoms with E-state index in [4.69, 9.17) is 14.2 Å². The Kier molecular flexibility index (Phi) is 6.84. The maximum atomic E-state index is 12.3. The van der Waals surface area contributed by atoms with Crippen LogP contribution < -0.4 is 25.0 Å². The van der Waals surface area contributed by atoms with Gasteiger partial charge in [-0.3, -0.25) is 9.59 Å². The molecule has 2 amide bonds. The highest BCUT2D eigenvalue weighted by Crippen LogP contribution is 2.30. The second-order valence-corrected chi connectivity index (χ2v) is 7.37. The Morgan fingerprint density at radius 1 is 1.03 bits per heavy atom. The van der Waals surface area contributed by atoms with Gasteiger partial charge in [0, 0.05) is 5.69 Å². The molecule has 4 rings (SSSR count). The SMILES string of the molecule is Cc1ccc(NC(=O)COc2ccc(/C=N\NC(=O)[C@@H]3COc4ccccc4O3)cc2)cc1. The fourth-order valence-electron chi connectivity index (χ4n) is 3.02. The highest BCUT2D eigenvalue weighted by molar-refractivity contribution is 5.91. The number of carbonyl (C=O) groups is 2. The van der Waals surface area contributed by atoms with Crippen LogP contribution in [0.15, 0.2) is 77.9 Å². The number of benzene rings is 3. The smallest absolute Gasteiger partial charge is 0.284 e. The number of para-hydroxylation sites is 2. The molecule has 2 N–H and O–H groups in total. The average molecular weight is 445 g/mol. The summed E-state index contributed by atoms with van der Waals surface area (Å²) in [4.78, 5) is 24.3. The number of carbonyl (C=O) groups excluding carboxylic acids is 2. The van der Waals surface area contributed by atoms with E-state index in [1.807, 2.05) is 43.3 Å². The van der Waals surface area contributed by atoms with Crippen molar-refractivity contribution in [3.63, 3.8) is 0 Å². The predicted octanol–water partition coefficient (Wildman–Crippen LogP) is 3.30. The number of rotatable bonds is 7. The molecule has 33 heavy (non-hydrogen) atoms. The average Bonchev–Trinajstić information content (AvgIpc) is 2.84. The third-order valence-corrected chi connectivity index (χ3v) is 4.77. The van der Waals surface area contributed by atoms with Crippen molar-refractivity contribution < 1.29 is 23.8 Å². The molecular weight excluding hydrogens is 422 g/mol. The zero-order chi connectivity index (χ0) is 23.0. The number of nitrogens with zero attached hydrogens (tertiary/aromatic N) is 1. The van der Waals surface area contributed by atoms with Gasteiger partial charge in [-0.15, -0.1) is 0 Å². The zero-order valence-electron chi connectivity index (χ0n) is 18.0. The molecule has 0 unspecified atom stereocenters. The van der Waals surface area contributed by atoms with Gasteiger partial charge in [0.2, 0.25) is 6.10 Å². The molecule has 0 aliphatic carbocycles. The Labute approximate surface area is 191 Å². The van der Waals surface area contributed by atoms with E-state index in [9.17, 15) is 9.59 Å². The standard InChI is InChI=1S/C25H23N3O5/c1-17-6-10-19(11-7-17)27-24(29)16-31-20-12-8-18(9-13-20)14-26-28-25(30)23-15-32-21-4-2-3-5-22(21)33-23/h2-14,23H,15-16H2,1H3,(H,27,29)(H,28,30)/b26-14-/t23-/m0/s1. The Balaban J connectivity index is 1.21. The van der Waals surface area contributed by atoms with Crippen LogP contribution in [0.5, 0.6) is 17.2 Å². The molecular formula is C25H23N3O5. The zero-order valence-corrected chi connectivity index (χ0v) is 18.0. The molecule has 8 nitrogen and oxygen atoms in total. The highest BCUT2D eigenvalue weighted by atomic mass is 16.6. The van der Waals surface area contributed by atoms with Gasteiger partial charge >= 0.3 is 0 Å². The number of anilines is 1. The number of hydrogen-bond donors (Lipinski definition) is 2. The summed E-state index contributed by atoms with van der Waals surface area (Å²) < 4.78 is 16.7. The quantitative estimate of drug-likeness (QED) is 0.430. The van der Waals surface area contributed by atoms with E-state index in [0.717, 1.165) is 16.8 Å². The molecule has 1 atom stereocenters. The van der Waals surface area contributed by atoms with Crippen LogP contribution in [0.25, 0.3) is 0 Å². The first-order chi connectivity index (χ1) is 16.1. The molecule has 0 fully saturated rings. The second kappa shape index (κ2) is 10.3. The first-order valence-corrected chi connectivity index (χ1v) is 10.4. The Morgan fingerprint density at radius 2 is 1.76 bits per heavy atom. The van der Waals surface area contributed by atoms with Crippen LogP contribution in [0.2, 0.25) is 0 Å². The van der Waals surface area contributed by atoms with Crippen molar-refractivity contribution in [2.45, 2.75) is 13.0 Å². The molecule has 1 heterocycles. The second-order valence-electron chi connectivity index (χ2n) is 7.37. The number of fused-ring (bicyclic) bond motifs is 1. The Morgan fingerprint density at radius 3 is 2.52 bits per heavy atom. The van der Waals surface area contributed by atoms with Crippen LogP contribution >= 0.6 is 0 Å². The number of hydrazone groups is 1. The Hall–Kier alpha value is -4.33. The number of hydrogen-bond acceptors (Lipinski definition) is 6. The third kappa shape index (κ3) is 6.10. The van der Waals surface area contributed by atoms with E-state index >= 15 is 0 Å². The van der Waals surface area contributed by atoms with Crippen LogP contribution in [-0.4, -0.2) is 37.3 Å². The normalized spacial score (nSPS) is 14.5. The van der Waals surface area contributed by atoms with Crippen molar-refractivity contribution >= 4 is 23.7 Å². The molecule has 0 saturated heterocycles. The summed E-state index contributed by atoms with van der Waals surface area (Å²) in [6, 6.07) is 21.7. The minimum absolute atomic E-state index is 0.107. The van der Waals surface area contributed by atoms with Crippen molar-refractivity contribution in [1.29, 1.82) is 0 Å². The maximum absolute atomic E-state index is 12.3. The first-order valence-electron chi connectivity index (χ1n) is 10.4. The van der Waals surface area contributed by atoms with Gasteiger partial charge in [0.05, 0.1) is 6.21 Å². The monoisotopic (exact) mass is 445 g/mol. The number of aryl methyl sites for hydroxylation is 1. The number of ether oxygens (including phenoxy) is 3. The van der Waals surface area contributed by atoms with E-state index in [1.54, 1.807) is 36.4 Å². The van der Waals surface area contributed by atoms with Crippen LogP contribution in [0.3, 0.4) is 0 Å². The van der Waals surface area contributed by atoms with Crippen LogP contribution in [0, 0.1) is 6.92 Å². The van der Waals surface area contributed by atoms with Crippen LogP contribution in [-0.2, 0) is 9.59 Å². The lowest BCUT2D eigenvalue weighted by Gasteiger charge is -2.24. The minimum Gasteiger partial charge on any atom is -0.485 e. The van der Waals surface area contributed by atoms with E-state index in [-0.39, 0.29) is 19.1 Å². The fourth-order valence-corrected chi connectivity index (χ4v) is 3.02. The van der Waals surface area contributed by atoms with Crippen molar-refractivity contribution in [2.75, 3.05) is 18.5 Å². The van der Waals surface area contributed by atoms with Crippen molar-refractivity contribution in [2.24, 2.45) is 5.10 Å². The molecule has 168 valence electrons. The van der Waals surface area contributed by atoms with Gasteiger partial charge in [-0.25, -0.2) is 5.43 Å².